The average molecular weight is 499 g/mol. The smallest absolute Gasteiger partial charge is 0.277 e. The minimum Gasteiger partial charge on any atom is -0.354 e. The Hall–Kier alpha value is -3.68. The molecule has 0 atom stereocenters. The van der Waals surface area contributed by atoms with Crippen LogP contribution in [-0.2, 0) is 10.0 Å². The fraction of sp³-hybridized carbons (Fsp3) is 0.190. The number of nitro groups is 1. The predicted molar refractivity (Wildman–Crippen MR) is 127 cm³/mol. The second kappa shape index (κ2) is 8.59. The summed E-state index contributed by atoms with van der Waals surface area (Å²) in [4.78, 5) is 29.8. The molecule has 0 bridgehead atoms. The first-order valence-corrected chi connectivity index (χ1v) is 12.5. The van der Waals surface area contributed by atoms with Gasteiger partial charge in [0.2, 0.25) is 15.0 Å². The maximum Gasteiger partial charge on any atom is 0.277 e. The van der Waals surface area contributed by atoms with E-state index < -0.39 is 14.9 Å². The Morgan fingerprint density at radius 1 is 0.971 bits per heavy atom. The summed E-state index contributed by atoms with van der Waals surface area (Å²) in [5.41, 5.74) is 0.293. The van der Waals surface area contributed by atoms with E-state index in [2.05, 4.69) is 10.1 Å². The lowest BCUT2D eigenvalue weighted by Gasteiger charge is -2.34. The number of anilines is 1. The van der Waals surface area contributed by atoms with Crippen molar-refractivity contribution >= 4 is 37.8 Å². The molecule has 1 fully saturated rings. The van der Waals surface area contributed by atoms with Crippen LogP contribution in [0, 0.1) is 10.1 Å². The van der Waals surface area contributed by atoms with Crippen molar-refractivity contribution in [3.05, 3.63) is 81.1 Å². The third-order valence-corrected chi connectivity index (χ3v) is 8.33. The van der Waals surface area contributed by atoms with Crippen LogP contribution in [0.1, 0.15) is 0 Å². The van der Waals surface area contributed by atoms with Crippen molar-refractivity contribution in [3.63, 3.8) is 0 Å². The van der Waals surface area contributed by atoms with Crippen molar-refractivity contribution in [2.24, 2.45) is 0 Å². The van der Waals surface area contributed by atoms with Crippen molar-refractivity contribution in [2.75, 3.05) is 31.1 Å². The van der Waals surface area contributed by atoms with Crippen LogP contribution in [0.4, 0.5) is 11.5 Å². The lowest BCUT2D eigenvalue weighted by Crippen LogP contribution is -2.49. The van der Waals surface area contributed by atoms with Gasteiger partial charge in [-0.25, -0.2) is 13.4 Å². The van der Waals surface area contributed by atoms with Crippen molar-refractivity contribution in [1.29, 1.82) is 0 Å². The van der Waals surface area contributed by atoms with E-state index in [0.717, 1.165) is 11.6 Å². The van der Waals surface area contributed by atoms with Crippen LogP contribution in [0.5, 0.6) is 0 Å². The minimum atomic E-state index is -3.89. The highest BCUT2D eigenvalue weighted by Gasteiger charge is 2.30. The molecule has 5 rings (SSSR count). The van der Waals surface area contributed by atoms with E-state index in [9.17, 15) is 23.3 Å². The molecule has 0 saturated carbocycles. The van der Waals surface area contributed by atoms with Gasteiger partial charge in [-0.05, 0) is 6.07 Å². The molecule has 0 aliphatic carbocycles. The zero-order valence-corrected chi connectivity index (χ0v) is 19.3. The zero-order valence-electron chi connectivity index (χ0n) is 17.6. The van der Waals surface area contributed by atoms with E-state index in [1.54, 1.807) is 0 Å². The second-order valence-electron chi connectivity index (χ2n) is 7.57. The van der Waals surface area contributed by atoms with E-state index in [0.29, 0.717) is 28.9 Å². The van der Waals surface area contributed by atoms with Crippen LogP contribution in [0.3, 0.4) is 0 Å². The number of non-ortho nitro benzene ring substituents is 1. The van der Waals surface area contributed by atoms with Gasteiger partial charge in [-0.3, -0.25) is 14.9 Å². The molecular formula is C21H18N6O5S2. The van der Waals surface area contributed by atoms with Crippen LogP contribution in [-0.4, -0.2) is 58.4 Å². The van der Waals surface area contributed by atoms with E-state index >= 15 is 0 Å². The van der Waals surface area contributed by atoms with Crippen LogP contribution >= 0.6 is 11.3 Å². The first-order valence-electron chi connectivity index (χ1n) is 10.3. The van der Waals surface area contributed by atoms with Crippen molar-refractivity contribution in [2.45, 2.75) is 4.90 Å². The summed E-state index contributed by atoms with van der Waals surface area (Å²) in [5.74, 6) is 0.459. The number of hydrogen-bond donors (Lipinski definition) is 0. The van der Waals surface area contributed by atoms with Crippen molar-refractivity contribution < 1.29 is 13.3 Å². The van der Waals surface area contributed by atoms with Gasteiger partial charge < -0.3 is 4.90 Å². The normalized spacial score (nSPS) is 15.0. The monoisotopic (exact) mass is 498 g/mol. The minimum absolute atomic E-state index is 0.119. The van der Waals surface area contributed by atoms with Crippen molar-refractivity contribution in [3.8, 4) is 10.6 Å². The molecule has 4 aromatic rings. The Labute approximate surface area is 197 Å². The summed E-state index contributed by atoms with van der Waals surface area (Å²) >= 11 is 1.30. The Morgan fingerprint density at radius 3 is 2.41 bits per heavy atom. The highest BCUT2D eigenvalue weighted by atomic mass is 32.2. The molecule has 1 aliphatic rings. The SMILES string of the molecule is O=c1cc(N2CCN(S(=O)(=O)c3cccc([N+](=O)[O-])c3)CC2)nc2sc(-c3ccccc3)nn12. The van der Waals surface area contributed by atoms with Gasteiger partial charge in [0, 0.05) is 49.9 Å². The molecule has 0 N–H and O–H groups in total. The molecule has 3 heterocycles. The van der Waals surface area contributed by atoms with Gasteiger partial charge in [-0.2, -0.15) is 13.9 Å². The Morgan fingerprint density at radius 2 is 1.71 bits per heavy atom. The molecule has 174 valence electrons. The van der Waals surface area contributed by atoms with E-state index in [4.69, 9.17) is 0 Å². The van der Waals surface area contributed by atoms with Gasteiger partial charge >= 0.3 is 0 Å². The first-order chi connectivity index (χ1) is 16.3. The average Bonchev–Trinajstić information content (AvgIpc) is 3.30. The Bertz CT molecular complexity index is 1540. The molecule has 11 nitrogen and oxygen atoms in total. The third kappa shape index (κ3) is 4.04. The molecular weight excluding hydrogens is 480 g/mol. The molecule has 0 unspecified atom stereocenters. The number of hydrogen-bond acceptors (Lipinski definition) is 9. The van der Waals surface area contributed by atoms with Gasteiger partial charge in [0.25, 0.3) is 11.2 Å². The fourth-order valence-corrected chi connectivity index (χ4v) is 6.09. The number of nitro benzene ring substituents is 1. The van der Waals surface area contributed by atoms with E-state index in [-0.39, 0.29) is 29.2 Å². The van der Waals surface area contributed by atoms with Crippen LogP contribution in [0.25, 0.3) is 15.5 Å². The number of piperazine rings is 1. The highest BCUT2D eigenvalue weighted by Crippen LogP contribution is 2.26. The number of sulfonamides is 1. The molecule has 1 saturated heterocycles. The number of nitrogens with zero attached hydrogens (tertiary/aromatic N) is 6. The number of fused-ring (bicyclic) bond motifs is 1. The molecule has 34 heavy (non-hydrogen) atoms. The second-order valence-corrected chi connectivity index (χ2v) is 10.5. The summed E-state index contributed by atoms with van der Waals surface area (Å²) in [7, 11) is -3.89. The third-order valence-electron chi connectivity index (χ3n) is 5.48. The van der Waals surface area contributed by atoms with Gasteiger partial charge in [-0.1, -0.05) is 47.7 Å². The number of aromatic nitrogens is 3. The molecule has 2 aromatic carbocycles. The largest absolute Gasteiger partial charge is 0.354 e. The van der Waals surface area contributed by atoms with Gasteiger partial charge in [0.05, 0.1) is 9.82 Å². The van der Waals surface area contributed by atoms with Crippen molar-refractivity contribution in [1.82, 2.24) is 18.9 Å². The number of benzene rings is 2. The number of rotatable bonds is 5. The Balaban J connectivity index is 1.36. The zero-order chi connectivity index (χ0) is 23.9. The molecule has 13 heteroatoms. The summed E-state index contributed by atoms with van der Waals surface area (Å²) in [5, 5.41) is 16.1. The maximum absolute atomic E-state index is 13.0. The fourth-order valence-electron chi connectivity index (χ4n) is 3.72. The maximum atomic E-state index is 13.0. The molecule has 2 aromatic heterocycles. The van der Waals surface area contributed by atoms with Crippen LogP contribution in [0.15, 0.2) is 70.4 Å². The molecule has 0 radical (unpaired) electrons. The summed E-state index contributed by atoms with van der Waals surface area (Å²) in [6.07, 6.45) is 0. The van der Waals surface area contributed by atoms with E-state index in [1.165, 1.54) is 44.4 Å². The van der Waals surface area contributed by atoms with Gasteiger partial charge in [0.15, 0.2) is 0 Å². The molecule has 0 spiro atoms. The van der Waals surface area contributed by atoms with Crippen LogP contribution < -0.4 is 10.5 Å². The first kappa shape index (κ1) is 22.1. The predicted octanol–water partition coefficient (Wildman–Crippen LogP) is 2.24. The lowest BCUT2D eigenvalue weighted by atomic mass is 10.2. The molecule has 1 aliphatic heterocycles. The summed E-state index contributed by atoms with van der Waals surface area (Å²) in [6, 6.07) is 15.9. The Kier molecular flexibility index (Phi) is 5.59. The van der Waals surface area contributed by atoms with Crippen LogP contribution in [0.2, 0.25) is 0 Å². The summed E-state index contributed by atoms with van der Waals surface area (Å²) < 4.78 is 28.5. The lowest BCUT2D eigenvalue weighted by molar-refractivity contribution is -0.385. The quantitative estimate of drug-likeness (QED) is 0.302. The van der Waals surface area contributed by atoms with Gasteiger partial charge in [0.1, 0.15) is 10.8 Å². The van der Waals surface area contributed by atoms with E-state index in [1.807, 2.05) is 35.2 Å². The molecule has 0 amide bonds. The topological polar surface area (TPSA) is 131 Å². The van der Waals surface area contributed by atoms with Gasteiger partial charge in [-0.15, -0.1) is 0 Å². The summed E-state index contributed by atoms with van der Waals surface area (Å²) in [6.45, 7) is 0.955. The standard InChI is InChI=1S/C21H18N6O5S2/c28-19-14-18(22-21-26(19)23-20(33-21)15-5-2-1-3-6-15)24-9-11-25(12-10-24)34(31,32)17-8-4-7-16(13-17)27(29)30/h1-8,13-14H,9-12H2. The highest BCUT2D eigenvalue weighted by molar-refractivity contribution is 7.89.